The maximum atomic E-state index is 4.58. The first kappa shape index (κ1) is 14.3. The largest absolute Gasteiger partial charge is 0.354 e. The van der Waals surface area contributed by atoms with Crippen LogP contribution in [-0.4, -0.2) is 24.1 Å². The molecular formula is C16H27N3. The van der Waals surface area contributed by atoms with Crippen LogP contribution in [0.2, 0.25) is 0 Å². The third-order valence-electron chi connectivity index (χ3n) is 3.97. The number of anilines is 1. The molecule has 0 spiro atoms. The van der Waals surface area contributed by atoms with Gasteiger partial charge in [-0.3, -0.25) is 0 Å². The number of aromatic nitrogens is 1. The zero-order valence-corrected chi connectivity index (χ0v) is 12.4. The van der Waals surface area contributed by atoms with Crippen molar-refractivity contribution in [2.24, 2.45) is 0 Å². The molecule has 1 saturated carbocycles. The summed E-state index contributed by atoms with van der Waals surface area (Å²) in [5.74, 6) is 1.16. The molecule has 1 aliphatic carbocycles. The van der Waals surface area contributed by atoms with E-state index < -0.39 is 0 Å². The fourth-order valence-corrected chi connectivity index (χ4v) is 2.96. The molecule has 0 saturated heterocycles. The third-order valence-corrected chi connectivity index (χ3v) is 3.97. The highest BCUT2D eigenvalue weighted by Gasteiger charge is 2.22. The normalized spacial score (nSPS) is 15.9. The summed E-state index contributed by atoms with van der Waals surface area (Å²) in [4.78, 5) is 7.06. The molecule has 0 radical (unpaired) electrons. The summed E-state index contributed by atoms with van der Waals surface area (Å²) >= 11 is 0. The maximum Gasteiger partial charge on any atom is 0.129 e. The summed E-state index contributed by atoms with van der Waals surface area (Å²) in [7, 11) is 0. The molecule has 0 bridgehead atoms. The Labute approximate surface area is 117 Å². The van der Waals surface area contributed by atoms with Crippen molar-refractivity contribution in [3.63, 3.8) is 0 Å². The second-order valence-electron chi connectivity index (χ2n) is 5.42. The van der Waals surface area contributed by atoms with Crippen molar-refractivity contribution in [2.75, 3.05) is 18.0 Å². The van der Waals surface area contributed by atoms with Crippen molar-refractivity contribution in [3.8, 4) is 0 Å². The smallest absolute Gasteiger partial charge is 0.129 e. The van der Waals surface area contributed by atoms with E-state index in [0.29, 0.717) is 6.04 Å². The Balaban J connectivity index is 2.03. The van der Waals surface area contributed by atoms with E-state index in [1.54, 1.807) is 0 Å². The number of rotatable bonds is 7. The first-order valence-corrected chi connectivity index (χ1v) is 7.77. The molecule has 3 nitrogen and oxygen atoms in total. The van der Waals surface area contributed by atoms with Crippen LogP contribution in [0.4, 0.5) is 5.82 Å². The van der Waals surface area contributed by atoms with Crippen LogP contribution in [0.15, 0.2) is 18.3 Å². The predicted octanol–water partition coefficient (Wildman–Crippen LogP) is 3.35. The molecule has 1 fully saturated rings. The van der Waals surface area contributed by atoms with Crippen molar-refractivity contribution in [3.05, 3.63) is 23.9 Å². The van der Waals surface area contributed by atoms with Crippen molar-refractivity contribution in [1.29, 1.82) is 0 Å². The standard InChI is InChI=1S/C16H27N3/c1-3-10-17-13-14-9-11-18-16(12-14)19(4-2)15-7-5-6-8-15/h9,11-12,15,17H,3-8,10,13H2,1-2H3. The Morgan fingerprint density at radius 1 is 1.32 bits per heavy atom. The number of nitrogens with one attached hydrogen (secondary N) is 1. The number of hydrogen-bond donors (Lipinski definition) is 1. The molecule has 1 aliphatic rings. The van der Waals surface area contributed by atoms with Crippen molar-refractivity contribution >= 4 is 5.82 Å². The van der Waals surface area contributed by atoms with Gasteiger partial charge in [0.2, 0.25) is 0 Å². The van der Waals surface area contributed by atoms with Gasteiger partial charge < -0.3 is 10.2 Å². The highest BCUT2D eigenvalue weighted by molar-refractivity contribution is 5.42. The van der Waals surface area contributed by atoms with Crippen molar-refractivity contribution in [2.45, 2.75) is 58.5 Å². The molecule has 0 aliphatic heterocycles. The quantitative estimate of drug-likeness (QED) is 0.763. The monoisotopic (exact) mass is 261 g/mol. The molecule has 1 aromatic rings. The second-order valence-corrected chi connectivity index (χ2v) is 5.42. The van der Waals surface area contributed by atoms with Gasteiger partial charge in [-0.15, -0.1) is 0 Å². The lowest BCUT2D eigenvalue weighted by Gasteiger charge is -2.29. The fraction of sp³-hybridized carbons (Fsp3) is 0.688. The SMILES string of the molecule is CCCNCc1ccnc(N(CC)C2CCCC2)c1. The van der Waals surface area contributed by atoms with Crippen LogP contribution in [0.5, 0.6) is 0 Å². The van der Waals surface area contributed by atoms with Gasteiger partial charge in [-0.2, -0.15) is 0 Å². The van der Waals surface area contributed by atoms with Gasteiger partial charge >= 0.3 is 0 Å². The van der Waals surface area contributed by atoms with E-state index in [1.165, 1.54) is 37.7 Å². The second kappa shape index (κ2) is 7.49. The van der Waals surface area contributed by atoms with E-state index in [0.717, 1.165) is 25.5 Å². The van der Waals surface area contributed by atoms with Crippen LogP contribution >= 0.6 is 0 Å². The topological polar surface area (TPSA) is 28.2 Å². The first-order valence-electron chi connectivity index (χ1n) is 7.77. The maximum absolute atomic E-state index is 4.58. The fourth-order valence-electron chi connectivity index (χ4n) is 2.96. The molecule has 0 atom stereocenters. The number of hydrogen-bond acceptors (Lipinski definition) is 3. The van der Waals surface area contributed by atoms with Gasteiger partial charge in [0.05, 0.1) is 0 Å². The molecule has 1 aromatic heterocycles. The molecule has 0 amide bonds. The van der Waals surface area contributed by atoms with E-state index in [2.05, 4.69) is 41.2 Å². The van der Waals surface area contributed by atoms with Gasteiger partial charge in [0, 0.05) is 25.3 Å². The van der Waals surface area contributed by atoms with Crippen LogP contribution in [0.1, 0.15) is 51.5 Å². The molecule has 0 unspecified atom stereocenters. The van der Waals surface area contributed by atoms with E-state index in [-0.39, 0.29) is 0 Å². The van der Waals surface area contributed by atoms with Crippen LogP contribution < -0.4 is 10.2 Å². The van der Waals surface area contributed by atoms with E-state index in [1.807, 2.05) is 6.20 Å². The minimum Gasteiger partial charge on any atom is -0.354 e. The summed E-state index contributed by atoms with van der Waals surface area (Å²) in [5, 5.41) is 3.46. The Bertz CT molecular complexity index is 372. The molecule has 3 heteroatoms. The van der Waals surface area contributed by atoms with Gasteiger partial charge in [0.15, 0.2) is 0 Å². The number of nitrogens with zero attached hydrogens (tertiary/aromatic N) is 2. The van der Waals surface area contributed by atoms with Crippen LogP contribution in [-0.2, 0) is 6.54 Å². The van der Waals surface area contributed by atoms with Gasteiger partial charge in [0.25, 0.3) is 0 Å². The van der Waals surface area contributed by atoms with Crippen LogP contribution in [0, 0.1) is 0 Å². The van der Waals surface area contributed by atoms with Gasteiger partial charge in [0.1, 0.15) is 5.82 Å². The molecule has 0 aromatic carbocycles. The van der Waals surface area contributed by atoms with Crippen LogP contribution in [0.3, 0.4) is 0 Å². The van der Waals surface area contributed by atoms with E-state index in [4.69, 9.17) is 0 Å². The summed E-state index contributed by atoms with van der Waals surface area (Å²) in [6.07, 6.45) is 8.54. The Morgan fingerprint density at radius 2 is 2.11 bits per heavy atom. The van der Waals surface area contributed by atoms with Crippen molar-refractivity contribution in [1.82, 2.24) is 10.3 Å². The zero-order chi connectivity index (χ0) is 13.5. The Morgan fingerprint density at radius 3 is 2.79 bits per heavy atom. The summed E-state index contributed by atoms with van der Waals surface area (Å²) in [6, 6.07) is 5.08. The third kappa shape index (κ3) is 3.93. The first-order chi connectivity index (χ1) is 9.35. The molecular weight excluding hydrogens is 234 g/mol. The molecule has 1 heterocycles. The summed E-state index contributed by atoms with van der Waals surface area (Å²) in [5.41, 5.74) is 1.34. The zero-order valence-electron chi connectivity index (χ0n) is 12.4. The average molecular weight is 261 g/mol. The van der Waals surface area contributed by atoms with Crippen LogP contribution in [0.25, 0.3) is 0 Å². The van der Waals surface area contributed by atoms with Gasteiger partial charge in [-0.25, -0.2) is 4.98 Å². The van der Waals surface area contributed by atoms with Gasteiger partial charge in [-0.05, 0) is 50.4 Å². The molecule has 19 heavy (non-hydrogen) atoms. The Kier molecular flexibility index (Phi) is 5.64. The molecule has 2 rings (SSSR count). The number of pyridine rings is 1. The highest BCUT2D eigenvalue weighted by atomic mass is 15.2. The Hall–Kier alpha value is -1.09. The highest BCUT2D eigenvalue weighted by Crippen LogP contribution is 2.27. The molecule has 106 valence electrons. The predicted molar refractivity (Wildman–Crippen MR) is 81.5 cm³/mol. The lowest BCUT2D eigenvalue weighted by molar-refractivity contribution is 0.611. The van der Waals surface area contributed by atoms with E-state index >= 15 is 0 Å². The minimum atomic E-state index is 0.705. The average Bonchev–Trinajstić information content (AvgIpc) is 2.94. The van der Waals surface area contributed by atoms with Gasteiger partial charge in [-0.1, -0.05) is 19.8 Å². The minimum absolute atomic E-state index is 0.705. The van der Waals surface area contributed by atoms with Crippen molar-refractivity contribution < 1.29 is 0 Å². The summed E-state index contributed by atoms with van der Waals surface area (Å²) in [6.45, 7) is 7.53. The lowest BCUT2D eigenvalue weighted by atomic mass is 10.2. The summed E-state index contributed by atoms with van der Waals surface area (Å²) < 4.78 is 0. The van der Waals surface area contributed by atoms with E-state index in [9.17, 15) is 0 Å². The molecule has 1 N–H and O–H groups in total. The lowest BCUT2D eigenvalue weighted by Crippen LogP contribution is -2.33.